The van der Waals surface area contributed by atoms with Crippen molar-refractivity contribution in [3.63, 3.8) is 0 Å². The van der Waals surface area contributed by atoms with Gasteiger partial charge in [-0.2, -0.15) is 0 Å². The molecule has 0 radical (unpaired) electrons. The quantitative estimate of drug-likeness (QED) is 0.316. The predicted molar refractivity (Wildman–Crippen MR) is 112 cm³/mol. The Bertz CT molecular complexity index is 947. The summed E-state index contributed by atoms with van der Waals surface area (Å²) in [5.74, 6) is 0.0438. The predicted octanol–water partition coefficient (Wildman–Crippen LogP) is -0.170. The average molecular weight is 452 g/mol. The van der Waals surface area contributed by atoms with Crippen molar-refractivity contribution in [1.29, 1.82) is 0 Å². The van der Waals surface area contributed by atoms with Crippen LogP contribution in [0.15, 0.2) is 24.3 Å². The zero-order valence-corrected chi connectivity index (χ0v) is 17.6. The van der Waals surface area contributed by atoms with E-state index in [1.165, 1.54) is 18.4 Å². The zero-order valence-electron chi connectivity index (χ0n) is 16.8. The van der Waals surface area contributed by atoms with Gasteiger partial charge in [-0.25, -0.2) is 0 Å². The molecule has 0 bridgehead atoms. The molecule has 6 N–H and O–H groups in total. The van der Waals surface area contributed by atoms with Gasteiger partial charge in [-0.15, -0.1) is 11.3 Å². The molecule has 0 aliphatic carbocycles. The Labute approximate surface area is 182 Å². The van der Waals surface area contributed by atoms with Crippen molar-refractivity contribution in [2.24, 2.45) is 0 Å². The third kappa shape index (κ3) is 4.71. The number of anilines is 1. The van der Waals surface area contributed by atoms with Crippen molar-refractivity contribution < 1.29 is 39.5 Å². The van der Waals surface area contributed by atoms with Gasteiger partial charge in [0.15, 0.2) is 0 Å². The smallest absolute Gasteiger partial charge is 0.263 e. The molecule has 1 aliphatic heterocycles. The Kier molecular flexibility index (Phi) is 7.26. The molecule has 1 aromatic heterocycles. The molecule has 1 aliphatic rings. The van der Waals surface area contributed by atoms with Gasteiger partial charge in [0.2, 0.25) is 12.7 Å². The van der Waals surface area contributed by atoms with Crippen LogP contribution in [0.4, 0.5) is 5.69 Å². The number of aliphatic hydroxyl groups excluding tert-OH is 4. The monoisotopic (exact) mass is 452 g/mol. The molecule has 10 nitrogen and oxygen atoms in total. The van der Waals surface area contributed by atoms with Crippen molar-refractivity contribution in [2.45, 2.75) is 37.6 Å². The van der Waals surface area contributed by atoms with Crippen molar-refractivity contribution in [3.8, 4) is 16.2 Å². The fraction of sp³-hybridized carbons (Fsp3) is 0.400. The third-order valence-electron chi connectivity index (χ3n) is 4.93. The number of nitrogens with one attached hydrogen (secondary N) is 2. The summed E-state index contributed by atoms with van der Waals surface area (Å²) in [7, 11) is 1.50. The number of carbonyl (C=O) groups excluding carboxylic acids is 2. The fourth-order valence-electron chi connectivity index (χ4n) is 3.21. The second kappa shape index (κ2) is 9.73. The lowest BCUT2D eigenvalue weighted by molar-refractivity contribution is -0.277. The number of thiophene rings is 1. The van der Waals surface area contributed by atoms with Crippen molar-refractivity contribution >= 4 is 29.3 Å². The summed E-state index contributed by atoms with van der Waals surface area (Å²) in [5, 5.41) is 44.3. The Morgan fingerprint density at radius 3 is 2.58 bits per heavy atom. The molecule has 3 rings (SSSR count). The lowest BCUT2D eigenvalue weighted by atomic mass is 9.99. The van der Waals surface area contributed by atoms with E-state index in [0.29, 0.717) is 28.3 Å². The maximum absolute atomic E-state index is 12.1. The number of hydrogen-bond donors (Lipinski definition) is 6. The van der Waals surface area contributed by atoms with E-state index in [1.54, 1.807) is 31.2 Å². The highest BCUT2D eigenvalue weighted by Crippen LogP contribution is 2.37. The number of carbonyl (C=O) groups is 2. The lowest BCUT2D eigenvalue weighted by Crippen LogP contribution is -2.60. The average Bonchev–Trinajstić information content (AvgIpc) is 3.19. The van der Waals surface area contributed by atoms with Gasteiger partial charge >= 0.3 is 0 Å². The summed E-state index contributed by atoms with van der Waals surface area (Å²) in [6, 6.07) is 6.86. The second-order valence-corrected chi connectivity index (χ2v) is 8.04. The standard InChI is InChI=1S/C20H24N2O8S/c1-9-5-10(14-6-11(22-8-24)18(31-14)19(28)21-2)3-4-12(9)29-20-17(27)16(26)15(25)13(7-23)30-20/h3-6,8,13,15-17,20,23,25-27H,7H2,1-2H3,(H,21,28)(H,22,24). The molecule has 2 amide bonds. The van der Waals surface area contributed by atoms with E-state index >= 15 is 0 Å². The van der Waals surface area contributed by atoms with Crippen molar-refractivity contribution in [2.75, 3.05) is 19.0 Å². The highest BCUT2D eigenvalue weighted by atomic mass is 32.1. The molecular formula is C20H24N2O8S. The van der Waals surface area contributed by atoms with Gasteiger partial charge in [-0.3, -0.25) is 9.59 Å². The molecule has 31 heavy (non-hydrogen) atoms. The molecule has 5 atom stereocenters. The van der Waals surface area contributed by atoms with Crippen LogP contribution >= 0.6 is 11.3 Å². The lowest BCUT2D eigenvalue weighted by Gasteiger charge is -2.39. The normalized spacial score (nSPS) is 25.7. The molecule has 0 spiro atoms. The summed E-state index contributed by atoms with van der Waals surface area (Å²) in [6.45, 7) is 1.21. The minimum absolute atomic E-state index is 0.320. The number of hydrogen-bond acceptors (Lipinski definition) is 9. The van der Waals surface area contributed by atoms with E-state index in [1.807, 2.05) is 0 Å². The van der Waals surface area contributed by atoms with Crippen LogP contribution in [0.5, 0.6) is 5.75 Å². The summed E-state index contributed by atoms with van der Waals surface area (Å²) in [4.78, 5) is 24.0. The van der Waals surface area contributed by atoms with Gasteiger partial charge in [0.1, 0.15) is 35.0 Å². The fourth-order valence-corrected chi connectivity index (χ4v) is 4.28. The Hall–Kier alpha value is -2.54. The SMILES string of the molecule is CNC(=O)c1sc(-c2ccc(OC3OC(CO)C(O)C(O)C3O)c(C)c2)cc1NC=O. The largest absolute Gasteiger partial charge is 0.462 e. The molecule has 1 aromatic carbocycles. The van der Waals surface area contributed by atoms with Crippen molar-refractivity contribution in [3.05, 3.63) is 34.7 Å². The maximum atomic E-state index is 12.1. The topological polar surface area (TPSA) is 158 Å². The van der Waals surface area contributed by atoms with Crippen LogP contribution in [-0.2, 0) is 9.53 Å². The van der Waals surface area contributed by atoms with Crippen LogP contribution in [0.25, 0.3) is 10.4 Å². The minimum Gasteiger partial charge on any atom is -0.462 e. The van der Waals surface area contributed by atoms with E-state index in [9.17, 15) is 30.0 Å². The number of amides is 2. The van der Waals surface area contributed by atoms with Crippen LogP contribution in [0.1, 0.15) is 15.2 Å². The summed E-state index contributed by atoms with van der Waals surface area (Å²) < 4.78 is 11.1. The molecule has 1 fully saturated rings. The van der Waals surface area contributed by atoms with Gasteiger partial charge in [0, 0.05) is 11.9 Å². The highest BCUT2D eigenvalue weighted by Gasteiger charge is 2.44. The molecule has 11 heteroatoms. The van der Waals surface area contributed by atoms with Crippen LogP contribution < -0.4 is 15.4 Å². The summed E-state index contributed by atoms with van der Waals surface area (Å²) >= 11 is 1.21. The van der Waals surface area contributed by atoms with E-state index in [4.69, 9.17) is 9.47 Å². The Balaban J connectivity index is 1.84. The molecule has 2 aromatic rings. The molecule has 5 unspecified atom stereocenters. The first kappa shape index (κ1) is 23.1. The summed E-state index contributed by atoms with van der Waals surface area (Å²) in [6.07, 6.45) is -6.37. The van der Waals surface area contributed by atoms with Crippen LogP contribution in [0.3, 0.4) is 0 Å². The number of benzene rings is 1. The third-order valence-corrected chi connectivity index (χ3v) is 6.11. The van der Waals surface area contributed by atoms with Gasteiger partial charge in [0.05, 0.1) is 12.3 Å². The van der Waals surface area contributed by atoms with Crippen LogP contribution in [0.2, 0.25) is 0 Å². The number of aryl methyl sites for hydroxylation is 1. The van der Waals surface area contributed by atoms with Crippen molar-refractivity contribution in [1.82, 2.24) is 5.32 Å². The second-order valence-electron chi connectivity index (χ2n) is 6.99. The maximum Gasteiger partial charge on any atom is 0.263 e. The van der Waals surface area contributed by atoms with Gasteiger partial charge in [-0.05, 0) is 42.3 Å². The van der Waals surface area contributed by atoms with E-state index in [-0.39, 0.29) is 5.91 Å². The molecule has 168 valence electrons. The first-order chi connectivity index (χ1) is 14.8. The first-order valence-corrected chi connectivity index (χ1v) is 10.3. The minimum atomic E-state index is -1.53. The molecule has 2 heterocycles. The Morgan fingerprint density at radius 2 is 1.97 bits per heavy atom. The van der Waals surface area contributed by atoms with Gasteiger partial charge < -0.3 is 40.5 Å². The van der Waals surface area contributed by atoms with Crippen LogP contribution in [0, 0.1) is 6.92 Å². The number of rotatable bonds is 7. The molecular weight excluding hydrogens is 428 g/mol. The molecule has 1 saturated heterocycles. The van der Waals surface area contributed by atoms with E-state index in [0.717, 1.165) is 10.4 Å². The zero-order chi connectivity index (χ0) is 22.7. The van der Waals surface area contributed by atoms with E-state index in [2.05, 4.69) is 10.6 Å². The first-order valence-electron chi connectivity index (χ1n) is 9.45. The van der Waals surface area contributed by atoms with E-state index < -0.39 is 37.3 Å². The van der Waals surface area contributed by atoms with Gasteiger partial charge in [-0.1, -0.05) is 0 Å². The molecule has 0 saturated carbocycles. The number of ether oxygens (including phenoxy) is 2. The number of aliphatic hydroxyl groups is 4. The highest BCUT2D eigenvalue weighted by molar-refractivity contribution is 7.18. The Morgan fingerprint density at radius 1 is 1.23 bits per heavy atom. The summed E-state index contributed by atoms with van der Waals surface area (Å²) in [5.41, 5.74) is 1.84. The van der Waals surface area contributed by atoms with Crippen LogP contribution in [-0.4, -0.2) is 77.1 Å². The van der Waals surface area contributed by atoms with Gasteiger partial charge in [0.25, 0.3) is 5.91 Å².